The number of hydrogen-bond donors (Lipinski definition) is 0. The normalized spacial score (nSPS) is 9.77. The van der Waals surface area contributed by atoms with Gasteiger partial charge in [0.1, 0.15) is 0 Å². The SMILES string of the molecule is CCOC(=O)c1ccc(I)cc1Br. The van der Waals surface area contributed by atoms with Crippen LogP contribution in [0.1, 0.15) is 17.3 Å². The molecular formula is C9H8BrIO2. The Hall–Kier alpha value is -0.100. The number of halogens is 2. The van der Waals surface area contributed by atoms with Crippen molar-refractivity contribution in [2.45, 2.75) is 6.92 Å². The van der Waals surface area contributed by atoms with Gasteiger partial charge in [-0.1, -0.05) is 0 Å². The van der Waals surface area contributed by atoms with Gasteiger partial charge in [-0.2, -0.15) is 0 Å². The molecule has 0 aliphatic rings. The first-order valence-corrected chi connectivity index (χ1v) is 5.64. The predicted octanol–water partition coefficient (Wildman–Crippen LogP) is 3.23. The van der Waals surface area contributed by atoms with Crippen molar-refractivity contribution in [2.24, 2.45) is 0 Å². The summed E-state index contributed by atoms with van der Waals surface area (Å²) < 4.78 is 6.73. The highest BCUT2D eigenvalue weighted by Crippen LogP contribution is 2.20. The molecule has 70 valence electrons. The van der Waals surface area contributed by atoms with Crippen molar-refractivity contribution < 1.29 is 9.53 Å². The van der Waals surface area contributed by atoms with Gasteiger partial charge in [0, 0.05) is 8.04 Å². The summed E-state index contributed by atoms with van der Waals surface area (Å²) in [5.41, 5.74) is 0.572. The smallest absolute Gasteiger partial charge is 0.339 e. The van der Waals surface area contributed by atoms with Crippen LogP contribution < -0.4 is 0 Å². The van der Waals surface area contributed by atoms with E-state index in [2.05, 4.69) is 38.5 Å². The minimum absolute atomic E-state index is 0.286. The molecule has 0 aromatic heterocycles. The fourth-order valence-electron chi connectivity index (χ4n) is 0.864. The molecule has 0 N–H and O–H groups in total. The number of esters is 1. The molecule has 0 saturated carbocycles. The first-order chi connectivity index (χ1) is 6.15. The largest absolute Gasteiger partial charge is 0.462 e. The van der Waals surface area contributed by atoms with Crippen LogP contribution in [0.2, 0.25) is 0 Å². The summed E-state index contributed by atoms with van der Waals surface area (Å²) in [6.45, 7) is 2.19. The van der Waals surface area contributed by atoms with E-state index in [1.165, 1.54) is 0 Å². The molecular weight excluding hydrogens is 347 g/mol. The average molecular weight is 355 g/mol. The Kier molecular flexibility index (Phi) is 4.18. The lowest BCUT2D eigenvalue weighted by Gasteiger charge is -2.03. The monoisotopic (exact) mass is 354 g/mol. The molecule has 0 saturated heterocycles. The lowest BCUT2D eigenvalue weighted by molar-refractivity contribution is 0.0525. The fraction of sp³-hybridized carbons (Fsp3) is 0.222. The third-order valence-electron chi connectivity index (χ3n) is 1.43. The second-order valence-electron chi connectivity index (χ2n) is 2.34. The summed E-state index contributed by atoms with van der Waals surface area (Å²) in [4.78, 5) is 11.3. The van der Waals surface area contributed by atoms with E-state index < -0.39 is 0 Å². The number of hydrogen-bond acceptors (Lipinski definition) is 2. The number of benzene rings is 1. The van der Waals surface area contributed by atoms with Crippen molar-refractivity contribution in [1.82, 2.24) is 0 Å². The zero-order valence-electron chi connectivity index (χ0n) is 7.01. The lowest BCUT2D eigenvalue weighted by atomic mass is 10.2. The van der Waals surface area contributed by atoms with Crippen LogP contribution in [-0.4, -0.2) is 12.6 Å². The third kappa shape index (κ3) is 2.95. The zero-order chi connectivity index (χ0) is 9.84. The molecule has 0 amide bonds. The minimum Gasteiger partial charge on any atom is -0.462 e. The van der Waals surface area contributed by atoms with Crippen LogP contribution >= 0.6 is 38.5 Å². The van der Waals surface area contributed by atoms with E-state index in [-0.39, 0.29) is 5.97 Å². The first-order valence-electron chi connectivity index (χ1n) is 3.77. The van der Waals surface area contributed by atoms with Gasteiger partial charge in [0.15, 0.2) is 0 Å². The maximum atomic E-state index is 11.3. The number of carbonyl (C=O) groups excluding carboxylic acids is 1. The van der Waals surface area contributed by atoms with Crippen LogP contribution in [0.25, 0.3) is 0 Å². The van der Waals surface area contributed by atoms with Gasteiger partial charge >= 0.3 is 5.97 Å². The molecule has 1 aromatic rings. The minimum atomic E-state index is -0.286. The number of carbonyl (C=O) groups is 1. The molecule has 1 rings (SSSR count). The molecule has 0 radical (unpaired) electrons. The van der Waals surface area contributed by atoms with Crippen LogP contribution in [0.3, 0.4) is 0 Å². The van der Waals surface area contributed by atoms with E-state index in [1.807, 2.05) is 12.1 Å². The van der Waals surface area contributed by atoms with E-state index >= 15 is 0 Å². The van der Waals surface area contributed by atoms with Gasteiger partial charge in [-0.3, -0.25) is 0 Å². The van der Waals surface area contributed by atoms with Crippen LogP contribution in [0.15, 0.2) is 22.7 Å². The van der Waals surface area contributed by atoms with E-state index in [9.17, 15) is 4.79 Å². The average Bonchev–Trinajstić information content (AvgIpc) is 2.04. The Morgan fingerprint density at radius 1 is 1.62 bits per heavy atom. The lowest BCUT2D eigenvalue weighted by Crippen LogP contribution is -2.05. The van der Waals surface area contributed by atoms with Crippen molar-refractivity contribution in [2.75, 3.05) is 6.61 Å². The van der Waals surface area contributed by atoms with E-state index in [0.717, 1.165) is 8.04 Å². The molecule has 1 aromatic carbocycles. The van der Waals surface area contributed by atoms with Crippen molar-refractivity contribution >= 4 is 44.5 Å². The summed E-state index contributed by atoms with van der Waals surface area (Å²) >= 11 is 5.50. The van der Waals surface area contributed by atoms with Gasteiger partial charge in [0.2, 0.25) is 0 Å². The predicted molar refractivity (Wildman–Crippen MR) is 62.8 cm³/mol. The number of ether oxygens (including phenoxy) is 1. The van der Waals surface area contributed by atoms with Gasteiger partial charge in [-0.25, -0.2) is 4.79 Å². The molecule has 0 aliphatic heterocycles. The van der Waals surface area contributed by atoms with Gasteiger partial charge in [0.25, 0.3) is 0 Å². The second-order valence-corrected chi connectivity index (χ2v) is 4.44. The summed E-state index contributed by atoms with van der Waals surface area (Å²) in [7, 11) is 0. The van der Waals surface area contributed by atoms with Crippen molar-refractivity contribution in [3.63, 3.8) is 0 Å². The highest BCUT2D eigenvalue weighted by molar-refractivity contribution is 14.1. The van der Waals surface area contributed by atoms with Gasteiger partial charge in [-0.05, 0) is 63.6 Å². The van der Waals surface area contributed by atoms with Crippen molar-refractivity contribution in [1.29, 1.82) is 0 Å². The molecule has 0 bridgehead atoms. The van der Waals surface area contributed by atoms with Crippen molar-refractivity contribution in [3.05, 3.63) is 31.8 Å². The van der Waals surface area contributed by atoms with Crippen LogP contribution in [-0.2, 0) is 4.74 Å². The van der Waals surface area contributed by atoms with Crippen LogP contribution in [0.5, 0.6) is 0 Å². The van der Waals surface area contributed by atoms with E-state index in [4.69, 9.17) is 4.74 Å². The molecule has 4 heteroatoms. The summed E-state index contributed by atoms with van der Waals surface area (Å²) in [5, 5.41) is 0. The van der Waals surface area contributed by atoms with Gasteiger partial charge < -0.3 is 4.74 Å². The fourth-order valence-corrected chi connectivity index (χ4v) is 2.32. The Morgan fingerprint density at radius 2 is 2.31 bits per heavy atom. The Bertz CT molecular complexity index is 325. The summed E-state index contributed by atoms with van der Waals surface area (Å²) in [5.74, 6) is -0.286. The molecule has 2 nitrogen and oxygen atoms in total. The quantitative estimate of drug-likeness (QED) is 0.602. The Balaban J connectivity index is 2.95. The highest BCUT2D eigenvalue weighted by atomic mass is 127. The van der Waals surface area contributed by atoms with Crippen LogP contribution in [0.4, 0.5) is 0 Å². The molecule has 0 spiro atoms. The standard InChI is InChI=1S/C9H8BrIO2/c1-2-13-9(12)7-4-3-6(11)5-8(7)10/h3-5H,2H2,1H3. The first kappa shape index (κ1) is 11.0. The maximum Gasteiger partial charge on any atom is 0.339 e. The molecule has 0 unspecified atom stereocenters. The van der Waals surface area contributed by atoms with Crippen LogP contribution in [0, 0.1) is 3.57 Å². The molecule has 13 heavy (non-hydrogen) atoms. The summed E-state index contributed by atoms with van der Waals surface area (Å²) in [6.07, 6.45) is 0. The van der Waals surface area contributed by atoms with E-state index in [0.29, 0.717) is 12.2 Å². The van der Waals surface area contributed by atoms with Crippen molar-refractivity contribution in [3.8, 4) is 0 Å². The molecule has 0 heterocycles. The van der Waals surface area contributed by atoms with Gasteiger partial charge in [-0.15, -0.1) is 0 Å². The maximum absolute atomic E-state index is 11.3. The Labute approximate surface area is 98.9 Å². The topological polar surface area (TPSA) is 26.3 Å². The molecule has 0 fully saturated rings. The summed E-state index contributed by atoms with van der Waals surface area (Å²) in [6, 6.07) is 5.51. The van der Waals surface area contributed by atoms with Gasteiger partial charge in [0.05, 0.1) is 12.2 Å². The number of rotatable bonds is 2. The second kappa shape index (κ2) is 4.95. The third-order valence-corrected chi connectivity index (χ3v) is 2.75. The molecule has 0 aliphatic carbocycles. The zero-order valence-corrected chi connectivity index (χ0v) is 10.8. The molecule has 0 atom stereocenters. The highest BCUT2D eigenvalue weighted by Gasteiger charge is 2.10. The van der Waals surface area contributed by atoms with E-state index in [1.54, 1.807) is 13.0 Å². The Morgan fingerprint density at radius 3 is 2.85 bits per heavy atom.